The summed E-state index contributed by atoms with van der Waals surface area (Å²) >= 11 is 0. The van der Waals surface area contributed by atoms with Crippen LogP contribution in [0.5, 0.6) is 0 Å². The number of hydrogen-bond acceptors (Lipinski definition) is 5. The Morgan fingerprint density at radius 3 is 2.38 bits per heavy atom. The number of oxazole rings is 1. The molecular formula is C18H23N3O3. The van der Waals surface area contributed by atoms with Crippen molar-refractivity contribution in [1.29, 1.82) is 0 Å². The van der Waals surface area contributed by atoms with Gasteiger partial charge in [0.1, 0.15) is 5.76 Å². The van der Waals surface area contributed by atoms with E-state index in [0.29, 0.717) is 29.3 Å². The molecule has 0 bridgehead atoms. The third-order valence-corrected chi connectivity index (χ3v) is 3.54. The maximum atomic E-state index is 12.0. The van der Waals surface area contributed by atoms with Crippen molar-refractivity contribution in [3.63, 3.8) is 0 Å². The van der Waals surface area contributed by atoms with Crippen molar-refractivity contribution in [1.82, 2.24) is 10.3 Å². The molecule has 1 aromatic carbocycles. The van der Waals surface area contributed by atoms with E-state index >= 15 is 0 Å². The van der Waals surface area contributed by atoms with E-state index in [1.165, 1.54) is 0 Å². The normalized spacial score (nSPS) is 11.3. The van der Waals surface area contributed by atoms with E-state index in [9.17, 15) is 9.59 Å². The second kappa shape index (κ2) is 6.86. The average molecular weight is 329 g/mol. The fourth-order valence-corrected chi connectivity index (χ4v) is 2.10. The van der Waals surface area contributed by atoms with Gasteiger partial charge in [0.2, 0.25) is 5.91 Å². The molecule has 1 aromatic heterocycles. The first-order valence-electron chi connectivity index (χ1n) is 7.83. The molecule has 0 saturated carbocycles. The van der Waals surface area contributed by atoms with E-state index in [-0.39, 0.29) is 17.7 Å². The Morgan fingerprint density at radius 2 is 1.83 bits per heavy atom. The van der Waals surface area contributed by atoms with Crippen molar-refractivity contribution in [3.8, 4) is 0 Å². The standard InChI is InChI=1S/C18H23N3O3/c1-11-14(24-17(20-11)18(2,3)4)9-10-15(22)21-16(23)12-5-7-13(19)8-6-12/h5-8H,9-10,19H2,1-4H3,(H,21,22,23). The number of amides is 2. The molecule has 0 atom stereocenters. The molecule has 0 aliphatic heterocycles. The number of benzene rings is 1. The number of carbonyl (C=O) groups is 2. The molecule has 0 spiro atoms. The number of aryl methyl sites for hydroxylation is 2. The first-order chi connectivity index (χ1) is 11.2. The van der Waals surface area contributed by atoms with E-state index in [1.54, 1.807) is 24.3 Å². The smallest absolute Gasteiger partial charge is 0.257 e. The third kappa shape index (κ3) is 4.44. The molecule has 24 heavy (non-hydrogen) atoms. The van der Waals surface area contributed by atoms with Crippen LogP contribution >= 0.6 is 0 Å². The lowest BCUT2D eigenvalue weighted by molar-refractivity contribution is -0.120. The minimum atomic E-state index is -0.440. The monoisotopic (exact) mass is 329 g/mol. The van der Waals surface area contributed by atoms with Crippen LogP contribution in [0.25, 0.3) is 0 Å². The summed E-state index contributed by atoms with van der Waals surface area (Å²) in [6, 6.07) is 6.39. The van der Waals surface area contributed by atoms with Gasteiger partial charge in [0.15, 0.2) is 5.89 Å². The van der Waals surface area contributed by atoms with Gasteiger partial charge < -0.3 is 10.2 Å². The second-order valence-corrected chi connectivity index (χ2v) is 6.78. The van der Waals surface area contributed by atoms with Gasteiger partial charge in [-0.3, -0.25) is 14.9 Å². The Hall–Kier alpha value is -2.63. The van der Waals surface area contributed by atoms with Gasteiger partial charge in [-0.1, -0.05) is 20.8 Å². The highest BCUT2D eigenvalue weighted by atomic mass is 16.4. The molecular weight excluding hydrogens is 306 g/mol. The van der Waals surface area contributed by atoms with Crippen LogP contribution in [-0.4, -0.2) is 16.8 Å². The number of hydrogen-bond donors (Lipinski definition) is 2. The molecule has 128 valence electrons. The van der Waals surface area contributed by atoms with E-state index in [0.717, 1.165) is 5.69 Å². The Morgan fingerprint density at radius 1 is 1.21 bits per heavy atom. The molecule has 2 amide bonds. The third-order valence-electron chi connectivity index (χ3n) is 3.54. The number of nitrogens with zero attached hydrogens (tertiary/aromatic N) is 1. The van der Waals surface area contributed by atoms with Crippen molar-refractivity contribution in [2.45, 2.75) is 46.0 Å². The van der Waals surface area contributed by atoms with E-state index in [1.807, 2.05) is 27.7 Å². The van der Waals surface area contributed by atoms with Gasteiger partial charge in [0.25, 0.3) is 5.91 Å². The van der Waals surface area contributed by atoms with Crippen LogP contribution in [0.2, 0.25) is 0 Å². The number of carbonyl (C=O) groups excluding carboxylic acids is 2. The SMILES string of the molecule is Cc1nc(C(C)(C)C)oc1CCC(=O)NC(=O)c1ccc(N)cc1. The quantitative estimate of drug-likeness (QED) is 0.840. The van der Waals surface area contributed by atoms with Crippen LogP contribution in [0.3, 0.4) is 0 Å². The summed E-state index contributed by atoms with van der Waals surface area (Å²) in [4.78, 5) is 28.3. The molecule has 1 heterocycles. The Labute approximate surface area is 141 Å². The van der Waals surface area contributed by atoms with Crippen molar-refractivity contribution >= 4 is 17.5 Å². The van der Waals surface area contributed by atoms with Crippen molar-refractivity contribution in [2.24, 2.45) is 0 Å². The second-order valence-electron chi connectivity index (χ2n) is 6.78. The van der Waals surface area contributed by atoms with Crippen molar-refractivity contribution < 1.29 is 14.0 Å². The van der Waals surface area contributed by atoms with Crippen LogP contribution in [-0.2, 0) is 16.6 Å². The number of rotatable bonds is 4. The largest absolute Gasteiger partial charge is 0.445 e. The van der Waals surface area contributed by atoms with Crippen LogP contribution in [0.1, 0.15) is 54.9 Å². The number of nitrogens with one attached hydrogen (secondary N) is 1. The molecule has 0 unspecified atom stereocenters. The topological polar surface area (TPSA) is 98.2 Å². The van der Waals surface area contributed by atoms with Gasteiger partial charge >= 0.3 is 0 Å². The summed E-state index contributed by atoms with van der Waals surface area (Å²) in [7, 11) is 0. The van der Waals surface area contributed by atoms with E-state index in [4.69, 9.17) is 10.2 Å². The first-order valence-corrected chi connectivity index (χ1v) is 7.83. The van der Waals surface area contributed by atoms with E-state index in [2.05, 4.69) is 10.3 Å². The minimum absolute atomic E-state index is 0.153. The number of nitrogens with two attached hydrogens (primary N) is 1. The molecule has 0 aliphatic rings. The lowest BCUT2D eigenvalue weighted by Crippen LogP contribution is -2.30. The van der Waals surface area contributed by atoms with Gasteiger partial charge in [-0.15, -0.1) is 0 Å². The van der Waals surface area contributed by atoms with Gasteiger partial charge in [0.05, 0.1) is 5.69 Å². The van der Waals surface area contributed by atoms with Crippen molar-refractivity contribution in [3.05, 3.63) is 47.2 Å². The highest BCUT2D eigenvalue weighted by molar-refractivity contribution is 6.04. The van der Waals surface area contributed by atoms with Gasteiger partial charge in [-0.05, 0) is 31.2 Å². The highest BCUT2D eigenvalue weighted by Gasteiger charge is 2.22. The lowest BCUT2D eigenvalue weighted by Gasteiger charge is -2.12. The summed E-state index contributed by atoms with van der Waals surface area (Å²) < 4.78 is 5.74. The highest BCUT2D eigenvalue weighted by Crippen LogP contribution is 2.24. The van der Waals surface area contributed by atoms with Gasteiger partial charge in [0, 0.05) is 29.5 Å². The molecule has 6 nitrogen and oxygen atoms in total. The molecule has 0 radical (unpaired) electrons. The molecule has 0 aliphatic carbocycles. The molecule has 2 aromatic rings. The van der Waals surface area contributed by atoms with Gasteiger partial charge in [-0.25, -0.2) is 4.98 Å². The summed E-state index contributed by atoms with van der Waals surface area (Å²) in [6.07, 6.45) is 0.552. The lowest BCUT2D eigenvalue weighted by atomic mass is 9.97. The fraction of sp³-hybridized carbons (Fsp3) is 0.389. The zero-order chi connectivity index (χ0) is 17.9. The van der Waals surface area contributed by atoms with E-state index < -0.39 is 5.91 Å². The summed E-state index contributed by atoms with van der Waals surface area (Å²) in [6.45, 7) is 7.89. The van der Waals surface area contributed by atoms with Crippen molar-refractivity contribution in [2.75, 3.05) is 5.73 Å². The number of anilines is 1. The maximum absolute atomic E-state index is 12.0. The van der Waals surface area contributed by atoms with Crippen LogP contribution < -0.4 is 11.1 Å². The van der Waals surface area contributed by atoms with Crippen LogP contribution in [0, 0.1) is 6.92 Å². The predicted molar refractivity (Wildman–Crippen MR) is 91.6 cm³/mol. The minimum Gasteiger partial charge on any atom is -0.445 e. The molecule has 3 N–H and O–H groups in total. The Bertz CT molecular complexity index is 740. The predicted octanol–water partition coefficient (Wildman–Crippen LogP) is 2.75. The first kappa shape index (κ1) is 17.7. The molecule has 2 rings (SSSR count). The summed E-state index contributed by atoms with van der Waals surface area (Å²) in [5.74, 6) is 0.526. The number of aromatic nitrogens is 1. The summed E-state index contributed by atoms with van der Waals surface area (Å²) in [5, 5.41) is 2.36. The Kier molecular flexibility index (Phi) is 5.07. The number of imide groups is 1. The summed E-state index contributed by atoms with van der Waals surface area (Å²) in [5.41, 5.74) is 7.12. The van der Waals surface area contributed by atoms with Crippen LogP contribution in [0.4, 0.5) is 5.69 Å². The fourth-order valence-electron chi connectivity index (χ4n) is 2.10. The molecule has 0 fully saturated rings. The van der Waals surface area contributed by atoms with Gasteiger partial charge in [-0.2, -0.15) is 0 Å². The average Bonchev–Trinajstić information content (AvgIpc) is 2.87. The zero-order valence-electron chi connectivity index (χ0n) is 14.5. The molecule has 0 saturated heterocycles. The maximum Gasteiger partial charge on any atom is 0.257 e. The Balaban J connectivity index is 1.93. The zero-order valence-corrected chi connectivity index (χ0v) is 14.5. The number of nitrogen functional groups attached to an aromatic ring is 1. The molecule has 6 heteroatoms. The van der Waals surface area contributed by atoms with Crippen LogP contribution in [0.15, 0.2) is 28.7 Å².